The molecule has 0 unspecified atom stereocenters. The number of halogens is 4. The second-order valence-electron chi connectivity index (χ2n) is 25.5. The Labute approximate surface area is 550 Å². The van der Waals surface area contributed by atoms with Crippen molar-refractivity contribution in [1.29, 1.82) is 0 Å². The highest BCUT2D eigenvalue weighted by atomic mass is 79.9. The molecule has 0 spiro atoms. The molecule has 8 rings (SSSR count). The molecule has 0 saturated carbocycles. The van der Waals surface area contributed by atoms with Crippen molar-refractivity contribution < 1.29 is 18.3 Å². The number of rotatable bonds is 46. The largest absolute Gasteiger partial charge is 0.481 e. The fraction of sp³-hybridized carbons (Fsp3) is 0.694. The van der Waals surface area contributed by atoms with Crippen LogP contribution in [-0.4, -0.2) is 8.75 Å². The first-order chi connectivity index (χ1) is 41.7. The first-order valence-electron chi connectivity index (χ1n) is 34.6. The van der Waals surface area contributed by atoms with Crippen LogP contribution in [0.1, 0.15) is 321 Å². The van der Waals surface area contributed by atoms with Crippen LogP contribution in [0, 0.1) is 11.6 Å². The summed E-state index contributed by atoms with van der Waals surface area (Å²) in [5, 5.41) is 0. The Hall–Kier alpha value is -1.74. The number of hydrogen-bond donors (Lipinski definition) is 0. The predicted molar refractivity (Wildman–Crippen MR) is 376 cm³/mol. The number of thiophene rings is 4. The van der Waals surface area contributed by atoms with Crippen LogP contribution in [0.25, 0.3) is 51.4 Å². The highest BCUT2D eigenvalue weighted by molar-refractivity contribution is 9.11. The summed E-state index contributed by atoms with van der Waals surface area (Å²) in [6.07, 6.45) is 54.5. The van der Waals surface area contributed by atoms with Gasteiger partial charge >= 0.3 is 0 Å². The Morgan fingerprint density at radius 1 is 0.353 bits per heavy atom. The number of fused-ring (bicyclic) bond motifs is 7. The van der Waals surface area contributed by atoms with Gasteiger partial charge in [0, 0.05) is 33.0 Å². The summed E-state index contributed by atoms with van der Waals surface area (Å²) in [7, 11) is 0. The molecule has 472 valence electrons. The van der Waals surface area contributed by atoms with Gasteiger partial charge in [-0.3, -0.25) is 0 Å². The Kier molecular flexibility index (Phi) is 30.1. The van der Waals surface area contributed by atoms with Gasteiger partial charge in [-0.05, 0) is 95.4 Å². The molecule has 7 heterocycles. The Morgan fingerprint density at radius 2 is 0.612 bits per heavy atom. The van der Waals surface area contributed by atoms with Gasteiger partial charge in [-0.1, -0.05) is 259 Å². The highest BCUT2D eigenvalue weighted by Crippen LogP contribution is 2.61. The maximum atomic E-state index is 17.9. The number of nitrogens with zero attached hydrogens (tertiary/aromatic N) is 2. The van der Waals surface area contributed by atoms with Crippen LogP contribution >= 0.6 is 88.9 Å². The summed E-state index contributed by atoms with van der Waals surface area (Å²) >= 11 is 15.2. The number of aromatic nitrogens is 2. The van der Waals surface area contributed by atoms with Gasteiger partial charge in [-0.25, -0.2) is 8.78 Å². The van der Waals surface area contributed by atoms with E-state index >= 15 is 8.78 Å². The highest BCUT2D eigenvalue weighted by Gasteiger charge is 2.45. The second kappa shape index (κ2) is 36.9. The second-order valence-corrected chi connectivity index (χ2v) is 33.0. The molecular formula is C72H104Br2F2N2O2S5. The number of ether oxygens (including phenoxy) is 2. The maximum Gasteiger partial charge on any atom is 0.170 e. The summed E-state index contributed by atoms with van der Waals surface area (Å²) in [5.41, 5.74) is 2.45. The molecule has 6 aromatic rings. The van der Waals surface area contributed by atoms with Crippen molar-refractivity contribution in [1.82, 2.24) is 8.75 Å². The fourth-order valence-electron chi connectivity index (χ4n) is 13.7. The molecule has 0 bridgehead atoms. The average Bonchev–Trinajstić information content (AvgIpc) is 2.11. The van der Waals surface area contributed by atoms with Gasteiger partial charge in [-0.2, -0.15) is 8.75 Å². The summed E-state index contributed by atoms with van der Waals surface area (Å²) in [6, 6.07) is 8.62. The van der Waals surface area contributed by atoms with Crippen LogP contribution in [0.5, 0.6) is 11.5 Å². The lowest BCUT2D eigenvalue weighted by molar-refractivity contribution is 0.0395. The predicted octanol–water partition coefficient (Wildman–Crippen LogP) is 28.8. The first-order valence-corrected chi connectivity index (χ1v) is 40.2. The van der Waals surface area contributed by atoms with E-state index in [-0.39, 0.29) is 11.1 Å². The summed E-state index contributed by atoms with van der Waals surface area (Å²) in [6.45, 7) is 9.15. The van der Waals surface area contributed by atoms with E-state index in [1.54, 1.807) is 45.3 Å². The summed E-state index contributed by atoms with van der Waals surface area (Å²) in [5.74, 6) is 0.120. The smallest absolute Gasteiger partial charge is 0.170 e. The third kappa shape index (κ3) is 19.2. The van der Waals surface area contributed by atoms with Crippen LogP contribution in [0.4, 0.5) is 8.78 Å². The third-order valence-electron chi connectivity index (χ3n) is 18.6. The Bertz CT molecular complexity index is 2650. The lowest BCUT2D eigenvalue weighted by Gasteiger charge is -2.38. The van der Waals surface area contributed by atoms with E-state index in [9.17, 15) is 0 Å². The van der Waals surface area contributed by atoms with Crippen molar-refractivity contribution in [3.8, 4) is 51.9 Å². The van der Waals surface area contributed by atoms with Gasteiger partial charge in [0.05, 0.1) is 49.9 Å². The van der Waals surface area contributed by atoms with Crippen LogP contribution < -0.4 is 9.47 Å². The van der Waals surface area contributed by atoms with E-state index < -0.39 is 22.8 Å². The first kappa shape index (κ1) is 69.2. The van der Waals surface area contributed by atoms with Gasteiger partial charge < -0.3 is 9.47 Å². The van der Waals surface area contributed by atoms with Gasteiger partial charge in [0.1, 0.15) is 33.7 Å². The van der Waals surface area contributed by atoms with Crippen molar-refractivity contribution in [2.45, 2.75) is 321 Å². The van der Waals surface area contributed by atoms with Crippen molar-refractivity contribution >= 4 is 100.0 Å². The molecule has 0 saturated heterocycles. The molecule has 0 amide bonds. The molecule has 0 aliphatic carbocycles. The molecule has 0 fully saturated rings. The molecule has 0 N–H and O–H groups in total. The molecular weight excluding hydrogens is 1280 g/mol. The minimum Gasteiger partial charge on any atom is -0.481 e. The number of hydrogen-bond acceptors (Lipinski definition) is 9. The standard InChI is InChI=1S/C72H104Br2F2N2O2S5/c1-5-9-13-17-21-25-29-33-37-41-45-71(46-42-38-34-30-26-22-18-14-10-6-2)53-49-57(81-67(53)69-55(79-71)51-59(73)83-69)61-63(75)64(76)62(66-65(61)77-85-78-66)58-50-54-68(82-58)70-56(52-60(74)84-70)80-72(54,47-43-39-35-31-27-23-19-15-11-7-3)48-44-40-36-32-28-24-20-16-12-8-4/h49-52H,5-48H2,1-4H3. The van der Waals surface area contributed by atoms with Crippen molar-refractivity contribution in [2.24, 2.45) is 0 Å². The van der Waals surface area contributed by atoms with Crippen molar-refractivity contribution in [3.63, 3.8) is 0 Å². The quantitative estimate of drug-likeness (QED) is 0.0357. The van der Waals surface area contributed by atoms with E-state index in [4.69, 9.17) is 18.2 Å². The zero-order valence-electron chi connectivity index (χ0n) is 52.7. The van der Waals surface area contributed by atoms with Crippen LogP contribution in [0.3, 0.4) is 0 Å². The zero-order valence-corrected chi connectivity index (χ0v) is 59.9. The summed E-state index contributed by atoms with van der Waals surface area (Å²) < 4.78 is 62.3. The zero-order chi connectivity index (χ0) is 59.7. The molecule has 4 nitrogen and oxygen atoms in total. The van der Waals surface area contributed by atoms with E-state index in [2.05, 4.69) is 83.8 Å². The molecule has 2 aliphatic rings. The van der Waals surface area contributed by atoms with E-state index in [1.807, 2.05) is 0 Å². The van der Waals surface area contributed by atoms with Crippen molar-refractivity contribution in [2.75, 3.05) is 0 Å². The normalized spacial score (nSPS) is 14.0. The van der Waals surface area contributed by atoms with Crippen LogP contribution in [-0.2, 0) is 11.2 Å². The van der Waals surface area contributed by atoms with E-state index in [0.29, 0.717) is 20.8 Å². The molecule has 5 aromatic heterocycles. The Morgan fingerprint density at radius 3 is 0.882 bits per heavy atom. The minimum atomic E-state index is -0.846. The lowest BCUT2D eigenvalue weighted by atomic mass is 9.81. The number of unbranched alkanes of at least 4 members (excludes halogenated alkanes) is 36. The lowest BCUT2D eigenvalue weighted by Crippen LogP contribution is -2.35. The minimum absolute atomic E-state index is 0.221. The average molecular weight is 1390 g/mol. The molecule has 0 atom stereocenters. The third-order valence-corrected chi connectivity index (χ3v) is 25.0. The Balaban J connectivity index is 1.09. The molecule has 13 heteroatoms. The van der Waals surface area contributed by atoms with Crippen molar-refractivity contribution in [3.05, 3.63) is 54.6 Å². The van der Waals surface area contributed by atoms with Gasteiger partial charge in [0.2, 0.25) is 0 Å². The maximum absolute atomic E-state index is 17.9. The number of benzene rings is 1. The molecule has 85 heavy (non-hydrogen) atoms. The molecule has 0 radical (unpaired) electrons. The topological polar surface area (TPSA) is 44.2 Å². The van der Waals surface area contributed by atoms with E-state index in [1.165, 1.54) is 231 Å². The van der Waals surface area contributed by atoms with Crippen LogP contribution in [0.2, 0.25) is 0 Å². The van der Waals surface area contributed by atoms with Gasteiger partial charge in [-0.15, -0.1) is 45.3 Å². The van der Waals surface area contributed by atoms with Gasteiger partial charge in [0.25, 0.3) is 0 Å². The molecule has 1 aromatic carbocycles. The van der Waals surface area contributed by atoms with Gasteiger partial charge in [0.15, 0.2) is 11.6 Å². The monoisotopic (exact) mass is 1380 g/mol. The van der Waals surface area contributed by atoms with Crippen LogP contribution in [0.15, 0.2) is 31.8 Å². The molecule has 2 aliphatic heterocycles. The fourth-order valence-corrected chi connectivity index (χ4v) is 20.2. The summed E-state index contributed by atoms with van der Waals surface area (Å²) in [4.78, 5) is 5.76. The van der Waals surface area contributed by atoms with E-state index in [0.717, 1.165) is 113 Å². The SMILES string of the molecule is CCCCCCCCCCCCC1(CCCCCCCCCCCC)Oc2cc(Br)sc2-c2sc(-c3c(F)c(F)c(-c4cc5c(s4)-c4sc(Br)cc4OC5(CCCCCCCCCCCC)CCCCCCCCCCCC)c4nsnc34)cc21.